The van der Waals surface area contributed by atoms with Crippen LogP contribution < -0.4 is 16.2 Å². The fourth-order valence-corrected chi connectivity index (χ4v) is 3.89. The van der Waals surface area contributed by atoms with Crippen LogP contribution in [-0.2, 0) is 28.9 Å². The average molecular weight is 541 g/mol. The summed E-state index contributed by atoms with van der Waals surface area (Å²) < 4.78 is 6.22. The smallest absolute Gasteiger partial charge is 0.204 e. The van der Waals surface area contributed by atoms with Gasteiger partial charge in [-0.1, -0.05) is 84.9 Å². The van der Waals surface area contributed by atoms with E-state index in [-0.39, 0.29) is 24.3 Å². The SMILES string of the molecule is NC=O.NC=O.Oc1ccc(CCOc2cc(CCCc3ccccc3)ccc2/C=C/c2ccccc2O)cc1. The summed E-state index contributed by atoms with van der Waals surface area (Å²) in [6, 6.07) is 31.4. The Bertz CT molecular complexity index is 1320. The second kappa shape index (κ2) is 18.3. The van der Waals surface area contributed by atoms with Crippen molar-refractivity contribution in [2.45, 2.75) is 25.7 Å². The molecular formula is C33H36N2O5. The Hall–Kier alpha value is -5.04. The average Bonchev–Trinajstić information content (AvgIpc) is 2.96. The second-order valence-electron chi connectivity index (χ2n) is 8.64. The van der Waals surface area contributed by atoms with Crippen LogP contribution in [0.25, 0.3) is 12.2 Å². The summed E-state index contributed by atoms with van der Waals surface area (Å²) in [5.74, 6) is 1.36. The molecule has 4 rings (SSSR count). The number of ether oxygens (including phenoxy) is 1. The Kier molecular flexibility index (Phi) is 14.2. The van der Waals surface area contributed by atoms with Crippen LogP contribution in [-0.4, -0.2) is 29.6 Å². The molecule has 0 aliphatic heterocycles. The van der Waals surface area contributed by atoms with Gasteiger partial charge < -0.3 is 26.4 Å². The second-order valence-corrected chi connectivity index (χ2v) is 8.64. The van der Waals surface area contributed by atoms with E-state index < -0.39 is 0 Å². The highest BCUT2D eigenvalue weighted by Gasteiger charge is 2.06. The Morgan fingerprint density at radius 1 is 0.625 bits per heavy atom. The van der Waals surface area contributed by atoms with Crippen LogP contribution in [0.4, 0.5) is 0 Å². The van der Waals surface area contributed by atoms with Crippen LogP contribution in [0.15, 0.2) is 97.1 Å². The Labute approximate surface area is 235 Å². The van der Waals surface area contributed by atoms with E-state index in [4.69, 9.17) is 14.3 Å². The highest BCUT2D eigenvalue weighted by atomic mass is 16.5. The highest BCUT2D eigenvalue weighted by molar-refractivity contribution is 5.75. The predicted octanol–water partition coefficient (Wildman–Crippen LogP) is 5.27. The molecule has 2 amide bonds. The summed E-state index contributed by atoms with van der Waals surface area (Å²) in [7, 11) is 0. The largest absolute Gasteiger partial charge is 0.508 e. The maximum atomic E-state index is 10.1. The van der Waals surface area contributed by atoms with Crippen LogP contribution >= 0.6 is 0 Å². The number of aryl methyl sites for hydroxylation is 2. The first kappa shape index (κ1) is 31.2. The van der Waals surface area contributed by atoms with E-state index in [1.54, 1.807) is 18.2 Å². The van der Waals surface area contributed by atoms with Crippen molar-refractivity contribution in [3.05, 3.63) is 125 Å². The Morgan fingerprint density at radius 2 is 1.18 bits per heavy atom. The van der Waals surface area contributed by atoms with Crippen molar-refractivity contribution in [2.75, 3.05) is 6.61 Å². The lowest BCUT2D eigenvalue weighted by Gasteiger charge is -2.12. The number of phenols is 2. The number of hydrogen-bond donors (Lipinski definition) is 4. The first-order valence-electron chi connectivity index (χ1n) is 12.8. The first-order chi connectivity index (χ1) is 19.5. The summed E-state index contributed by atoms with van der Waals surface area (Å²) in [4.78, 5) is 17.2. The van der Waals surface area contributed by atoms with Crippen LogP contribution in [0.2, 0.25) is 0 Å². The van der Waals surface area contributed by atoms with E-state index in [2.05, 4.69) is 53.9 Å². The maximum Gasteiger partial charge on any atom is 0.204 e. The topological polar surface area (TPSA) is 136 Å². The molecule has 0 aromatic heterocycles. The number of amides is 2. The lowest BCUT2D eigenvalue weighted by atomic mass is 10.0. The van der Waals surface area contributed by atoms with E-state index in [9.17, 15) is 10.2 Å². The standard InChI is InChI=1S/C31H30O3.2CH3NO/c32-29-19-14-25(15-20-29)21-22-34-31-23-26(10-6-9-24-7-2-1-3-8-24)13-16-28(31)18-17-27-11-4-5-12-30(27)33;2*2-1-3/h1-5,7-8,11-20,23,32-33H,6,9-10,21-22H2;2*1H,(H2,2,3)/b18-17+;;. The Balaban J connectivity index is 0.000000858. The van der Waals surface area contributed by atoms with Gasteiger partial charge >= 0.3 is 0 Å². The molecule has 0 unspecified atom stereocenters. The van der Waals surface area contributed by atoms with E-state index >= 15 is 0 Å². The molecule has 0 heterocycles. The van der Waals surface area contributed by atoms with Gasteiger partial charge in [0.05, 0.1) is 6.61 Å². The molecule has 7 nitrogen and oxygen atoms in total. The molecular weight excluding hydrogens is 504 g/mol. The molecule has 4 aromatic rings. The zero-order chi connectivity index (χ0) is 29.0. The number of carbonyl (C=O) groups excluding carboxylic acids is 2. The van der Waals surface area contributed by atoms with Gasteiger partial charge in [-0.2, -0.15) is 0 Å². The molecule has 208 valence electrons. The van der Waals surface area contributed by atoms with Crippen LogP contribution in [0.3, 0.4) is 0 Å². The van der Waals surface area contributed by atoms with Crippen molar-refractivity contribution in [1.82, 2.24) is 0 Å². The van der Waals surface area contributed by atoms with Gasteiger partial charge in [0.1, 0.15) is 17.2 Å². The molecule has 4 aromatic carbocycles. The van der Waals surface area contributed by atoms with Gasteiger partial charge in [-0.05, 0) is 60.2 Å². The number of carbonyl (C=O) groups is 2. The molecule has 0 aliphatic carbocycles. The van der Waals surface area contributed by atoms with E-state index in [1.165, 1.54) is 11.1 Å². The van der Waals surface area contributed by atoms with Gasteiger partial charge in [0.25, 0.3) is 0 Å². The minimum absolute atomic E-state index is 0.250. The van der Waals surface area contributed by atoms with Gasteiger partial charge in [0.15, 0.2) is 0 Å². The van der Waals surface area contributed by atoms with Crippen molar-refractivity contribution in [2.24, 2.45) is 11.5 Å². The number of phenolic OH excluding ortho intramolecular Hbond substituents is 2. The molecule has 0 spiro atoms. The third kappa shape index (κ3) is 11.6. The monoisotopic (exact) mass is 540 g/mol. The maximum absolute atomic E-state index is 10.1. The van der Waals surface area contributed by atoms with Crippen LogP contribution in [0.5, 0.6) is 17.2 Å². The molecule has 0 aliphatic rings. The number of benzene rings is 4. The quantitative estimate of drug-likeness (QED) is 0.161. The number of aromatic hydroxyl groups is 2. The summed E-state index contributed by atoms with van der Waals surface area (Å²) in [5.41, 5.74) is 13.8. The van der Waals surface area contributed by atoms with Crippen molar-refractivity contribution < 1.29 is 24.5 Å². The molecule has 0 fully saturated rings. The highest BCUT2D eigenvalue weighted by Crippen LogP contribution is 2.26. The lowest BCUT2D eigenvalue weighted by molar-refractivity contribution is -0.107. The minimum Gasteiger partial charge on any atom is -0.508 e. The van der Waals surface area contributed by atoms with Gasteiger partial charge in [0.2, 0.25) is 12.8 Å². The summed E-state index contributed by atoms with van der Waals surface area (Å²) in [5, 5.41) is 19.6. The van der Waals surface area contributed by atoms with Gasteiger partial charge in [-0.15, -0.1) is 0 Å². The molecule has 0 bridgehead atoms. The number of para-hydroxylation sites is 1. The first-order valence-corrected chi connectivity index (χ1v) is 12.8. The lowest BCUT2D eigenvalue weighted by Crippen LogP contribution is -2.03. The molecule has 0 atom stereocenters. The molecule has 7 heteroatoms. The number of rotatable bonds is 10. The van der Waals surface area contributed by atoms with Crippen molar-refractivity contribution >= 4 is 25.0 Å². The number of hydrogen-bond acceptors (Lipinski definition) is 5. The van der Waals surface area contributed by atoms with Gasteiger partial charge in [-0.3, -0.25) is 9.59 Å². The predicted molar refractivity (Wildman–Crippen MR) is 160 cm³/mol. The molecule has 6 N–H and O–H groups in total. The van der Waals surface area contributed by atoms with Crippen molar-refractivity contribution in [3.63, 3.8) is 0 Å². The van der Waals surface area contributed by atoms with Gasteiger partial charge in [-0.25, -0.2) is 0 Å². The zero-order valence-electron chi connectivity index (χ0n) is 22.4. The molecule has 0 radical (unpaired) electrons. The zero-order valence-corrected chi connectivity index (χ0v) is 22.4. The molecule has 40 heavy (non-hydrogen) atoms. The van der Waals surface area contributed by atoms with Gasteiger partial charge in [0, 0.05) is 17.5 Å². The van der Waals surface area contributed by atoms with E-state index in [1.807, 2.05) is 48.6 Å². The van der Waals surface area contributed by atoms with Crippen LogP contribution in [0.1, 0.15) is 34.2 Å². The number of nitrogens with two attached hydrogens (primary N) is 2. The third-order valence-electron chi connectivity index (χ3n) is 5.82. The van der Waals surface area contributed by atoms with Crippen LogP contribution in [0, 0.1) is 0 Å². The Morgan fingerprint density at radius 3 is 1.85 bits per heavy atom. The van der Waals surface area contributed by atoms with E-state index in [0.717, 1.165) is 48.1 Å². The number of primary amides is 2. The summed E-state index contributed by atoms with van der Waals surface area (Å²) in [6.07, 6.45) is 8.25. The minimum atomic E-state index is 0.250. The van der Waals surface area contributed by atoms with Crippen molar-refractivity contribution in [3.8, 4) is 17.2 Å². The summed E-state index contributed by atoms with van der Waals surface area (Å²) >= 11 is 0. The molecule has 0 saturated carbocycles. The van der Waals surface area contributed by atoms with E-state index in [0.29, 0.717) is 6.61 Å². The normalized spacial score (nSPS) is 10.0. The van der Waals surface area contributed by atoms with Crippen molar-refractivity contribution in [1.29, 1.82) is 0 Å². The fraction of sp³-hybridized carbons (Fsp3) is 0.152. The third-order valence-corrected chi connectivity index (χ3v) is 5.82. The fourth-order valence-electron chi connectivity index (χ4n) is 3.89. The molecule has 0 saturated heterocycles. The summed E-state index contributed by atoms with van der Waals surface area (Å²) in [6.45, 7) is 0.537.